The van der Waals surface area contributed by atoms with Crippen molar-refractivity contribution in [2.75, 3.05) is 0 Å². The SMILES string of the molecule is CC1(C)OCc2c1nc1ccccc1c2Cl. The van der Waals surface area contributed by atoms with Crippen LogP contribution < -0.4 is 0 Å². The smallest absolute Gasteiger partial charge is 0.105 e. The van der Waals surface area contributed by atoms with E-state index in [1.807, 2.05) is 38.1 Å². The van der Waals surface area contributed by atoms with Crippen molar-refractivity contribution in [1.29, 1.82) is 0 Å². The average molecular weight is 234 g/mol. The number of halogens is 1. The molecule has 0 aliphatic carbocycles. The lowest BCUT2D eigenvalue weighted by Gasteiger charge is -2.17. The van der Waals surface area contributed by atoms with Crippen LogP contribution in [0.25, 0.3) is 10.9 Å². The minimum Gasteiger partial charge on any atom is -0.364 e. The van der Waals surface area contributed by atoms with Crippen molar-refractivity contribution in [1.82, 2.24) is 4.98 Å². The molecule has 2 aromatic rings. The number of nitrogens with zero attached hydrogens (tertiary/aromatic N) is 1. The molecule has 0 spiro atoms. The Morgan fingerprint density at radius 2 is 2.06 bits per heavy atom. The fourth-order valence-corrected chi connectivity index (χ4v) is 2.47. The molecule has 16 heavy (non-hydrogen) atoms. The molecular weight excluding hydrogens is 222 g/mol. The minimum atomic E-state index is -0.330. The molecule has 0 saturated heterocycles. The van der Waals surface area contributed by atoms with Crippen LogP contribution in [0.5, 0.6) is 0 Å². The van der Waals surface area contributed by atoms with Gasteiger partial charge >= 0.3 is 0 Å². The standard InChI is InChI=1S/C13H12ClNO/c1-13(2)12-9(7-16-13)11(14)8-5-3-4-6-10(8)15-12/h3-6H,7H2,1-2H3. The molecule has 0 amide bonds. The van der Waals surface area contributed by atoms with Crippen LogP contribution in [-0.4, -0.2) is 4.98 Å². The summed E-state index contributed by atoms with van der Waals surface area (Å²) in [6, 6.07) is 7.93. The Balaban J connectivity index is 2.41. The predicted octanol–water partition coefficient (Wildman–Crippen LogP) is 3.65. The van der Waals surface area contributed by atoms with E-state index < -0.39 is 0 Å². The third-order valence-electron chi connectivity index (χ3n) is 3.07. The highest BCUT2D eigenvalue weighted by Gasteiger charge is 2.34. The van der Waals surface area contributed by atoms with E-state index in [0.717, 1.165) is 27.2 Å². The van der Waals surface area contributed by atoms with Crippen LogP contribution in [0.3, 0.4) is 0 Å². The summed E-state index contributed by atoms with van der Waals surface area (Å²) in [4.78, 5) is 4.66. The third kappa shape index (κ3) is 1.27. The van der Waals surface area contributed by atoms with Gasteiger partial charge in [0.1, 0.15) is 5.60 Å². The van der Waals surface area contributed by atoms with E-state index in [2.05, 4.69) is 4.98 Å². The Kier molecular flexibility index (Phi) is 2.00. The maximum atomic E-state index is 6.39. The highest BCUT2D eigenvalue weighted by molar-refractivity contribution is 6.36. The number of hydrogen-bond acceptors (Lipinski definition) is 2. The number of fused-ring (bicyclic) bond motifs is 2. The van der Waals surface area contributed by atoms with Crippen molar-refractivity contribution in [2.24, 2.45) is 0 Å². The molecule has 0 N–H and O–H groups in total. The molecule has 1 aromatic heterocycles. The quantitative estimate of drug-likeness (QED) is 0.693. The monoisotopic (exact) mass is 233 g/mol. The van der Waals surface area contributed by atoms with E-state index in [9.17, 15) is 0 Å². The van der Waals surface area contributed by atoms with Crippen LogP contribution in [0.15, 0.2) is 24.3 Å². The van der Waals surface area contributed by atoms with Crippen molar-refractivity contribution in [3.8, 4) is 0 Å². The molecule has 3 heteroatoms. The molecule has 82 valence electrons. The maximum Gasteiger partial charge on any atom is 0.105 e. The summed E-state index contributed by atoms with van der Waals surface area (Å²) in [7, 11) is 0. The normalized spacial score (nSPS) is 17.7. The number of aromatic nitrogens is 1. The van der Waals surface area contributed by atoms with Crippen LogP contribution in [0.2, 0.25) is 5.02 Å². The lowest BCUT2D eigenvalue weighted by molar-refractivity contribution is -0.00995. The minimum absolute atomic E-state index is 0.330. The van der Waals surface area contributed by atoms with E-state index in [1.54, 1.807) is 0 Å². The number of pyridine rings is 1. The summed E-state index contributed by atoms with van der Waals surface area (Å²) in [6.45, 7) is 4.60. The summed E-state index contributed by atoms with van der Waals surface area (Å²) in [5.74, 6) is 0. The van der Waals surface area contributed by atoms with Gasteiger partial charge in [-0.25, -0.2) is 4.98 Å². The third-order valence-corrected chi connectivity index (χ3v) is 3.50. The van der Waals surface area contributed by atoms with Gasteiger partial charge in [0.2, 0.25) is 0 Å². The van der Waals surface area contributed by atoms with Crippen LogP contribution in [0, 0.1) is 0 Å². The van der Waals surface area contributed by atoms with Gasteiger partial charge in [0.05, 0.1) is 22.8 Å². The molecule has 1 aliphatic rings. The molecule has 0 radical (unpaired) electrons. The van der Waals surface area contributed by atoms with Crippen molar-refractivity contribution in [2.45, 2.75) is 26.1 Å². The van der Waals surface area contributed by atoms with Crippen LogP contribution in [0.4, 0.5) is 0 Å². The van der Waals surface area contributed by atoms with Crippen LogP contribution in [-0.2, 0) is 16.9 Å². The second-order valence-electron chi connectivity index (χ2n) is 4.57. The summed E-state index contributed by atoms with van der Waals surface area (Å²) in [6.07, 6.45) is 0. The zero-order valence-electron chi connectivity index (χ0n) is 9.25. The number of benzene rings is 1. The number of hydrogen-bond donors (Lipinski definition) is 0. The van der Waals surface area contributed by atoms with E-state index >= 15 is 0 Å². The molecule has 0 atom stereocenters. The molecule has 2 nitrogen and oxygen atoms in total. The lowest BCUT2D eigenvalue weighted by atomic mass is 10.0. The van der Waals surface area contributed by atoms with E-state index in [4.69, 9.17) is 16.3 Å². The largest absolute Gasteiger partial charge is 0.364 e. The van der Waals surface area contributed by atoms with Gasteiger partial charge in [0, 0.05) is 10.9 Å². The van der Waals surface area contributed by atoms with Crippen molar-refractivity contribution < 1.29 is 4.74 Å². The molecule has 1 aromatic carbocycles. The Bertz CT molecular complexity index is 577. The van der Waals surface area contributed by atoms with Gasteiger partial charge in [0.25, 0.3) is 0 Å². The molecule has 0 saturated carbocycles. The first kappa shape index (κ1) is 10.1. The van der Waals surface area contributed by atoms with E-state index in [1.165, 1.54) is 0 Å². The summed E-state index contributed by atoms with van der Waals surface area (Å²) in [5, 5.41) is 1.79. The Morgan fingerprint density at radius 3 is 2.88 bits per heavy atom. The molecule has 0 bridgehead atoms. The Hall–Kier alpha value is -1.12. The Labute approximate surface area is 99.2 Å². The van der Waals surface area contributed by atoms with E-state index in [-0.39, 0.29) is 5.60 Å². The van der Waals surface area contributed by atoms with Gasteiger partial charge < -0.3 is 4.74 Å². The van der Waals surface area contributed by atoms with Gasteiger partial charge in [-0.05, 0) is 19.9 Å². The first-order chi connectivity index (χ1) is 7.59. The number of para-hydroxylation sites is 1. The number of rotatable bonds is 0. The summed E-state index contributed by atoms with van der Waals surface area (Å²) < 4.78 is 5.72. The first-order valence-electron chi connectivity index (χ1n) is 5.31. The van der Waals surface area contributed by atoms with Crippen LogP contribution >= 0.6 is 11.6 Å². The fraction of sp³-hybridized carbons (Fsp3) is 0.308. The summed E-state index contributed by atoms with van der Waals surface area (Å²) >= 11 is 6.39. The van der Waals surface area contributed by atoms with Gasteiger partial charge in [-0.1, -0.05) is 29.8 Å². The molecule has 1 aliphatic heterocycles. The highest BCUT2D eigenvalue weighted by atomic mass is 35.5. The zero-order valence-corrected chi connectivity index (χ0v) is 10.0. The predicted molar refractivity (Wildman–Crippen MR) is 64.6 cm³/mol. The molecule has 0 unspecified atom stereocenters. The molecule has 0 fully saturated rings. The van der Waals surface area contributed by atoms with Crippen molar-refractivity contribution >= 4 is 22.5 Å². The van der Waals surface area contributed by atoms with E-state index in [0.29, 0.717) is 6.61 Å². The first-order valence-corrected chi connectivity index (χ1v) is 5.69. The van der Waals surface area contributed by atoms with Gasteiger partial charge in [0.15, 0.2) is 0 Å². The average Bonchev–Trinajstić information content (AvgIpc) is 2.56. The molecular formula is C13H12ClNO. The van der Waals surface area contributed by atoms with Gasteiger partial charge in [-0.2, -0.15) is 0 Å². The summed E-state index contributed by atoms with van der Waals surface area (Å²) in [5.41, 5.74) is 2.61. The van der Waals surface area contributed by atoms with Gasteiger partial charge in [-0.3, -0.25) is 0 Å². The van der Waals surface area contributed by atoms with Crippen molar-refractivity contribution in [3.05, 3.63) is 40.5 Å². The fourth-order valence-electron chi connectivity index (χ4n) is 2.16. The topological polar surface area (TPSA) is 22.1 Å². The second kappa shape index (κ2) is 3.19. The molecule has 3 rings (SSSR count). The maximum absolute atomic E-state index is 6.39. The van der Waals surface area contributed by atoms with Crippen molar-refractivity contribution in [3.63, 3.8) is 0 Å². The van der Waals surface area contributed by atoms with Crippen LogP contribution in [0.1, 0.15) is 25.1 Å². The lowest BCUT2D eigenvalue weighted by Crippen LogP contribution is -2.16. The Morgan fingerprint density at radius 1 is 1.31 bits per heavy atom. The second-order valence-corrected chi connectivity index (χ2v) is 4.95. The number of ether oxygens (including phenoxy) is 1. The van der Waals surface area contributed by atoms with Gasteiger partial charge in [-0.15, -0.1) is 0 Å². The molecule has 2 heterocycles. The highest BCUT2D eigenvalue weighted by Crippen LogP contribution is 2.40. The zero-order chi connectivity index (χ0) is 11.3.